The molecule has 2 aromatic rings. The summed E-state index contributed by atoms with van der Waals surface area (Å²) in [6.45, 7) is 0.754. The molecule has 0 saturated heterocycles. The number of methoxy groups -OCH3 is 1. The second-order valence-electron chi connectivity index (χ2n) is 4.16. The summed E-state index contributed by atoms with van der Waals surface area (Å²) in [7, 11) is 1.50. The van der Waals surface area contributed by atoms with Gasteiger partial charge >= 0.3 is 0 Å². The predicted molar refractivity (Wildman–Crippen MR) is 72.9 cm³/mol. The first kappa shape index (κ1) is 14.3. The molecule has 0 atom stereocenters. The van der Waals surface area contributed by atoms with Gasteiger partial charge in [0.1, 0.15) is 18.2 Å². The van der Waals surface area contributed by atoms with Crippen LogP contribution in [0, 0.1) is 11.6 Å². The highest BCUT2D eigenvalue weighted by Crippen LogP contribution is 2.33. The first-order valence-corrected chi connectivity index (χ1v) is 6.11. The average molecular weight is 279 g/mol. The highest BCUT2D eigenvalue weighted by molar-refractivity contribution is 5.67. The molecule has 0 aliphatic rings. The van der Waals surface area contributed by atoms with Gasteiger partial charge in [-0.1, -0.05) is 6.07 Å². The number of ether oxygens (including phenoxy) is 2. The van der Waals surface area contributed by atoms with Crippen LogP contribution in [-0.4, -0.2) is 20.3 Å². The van der Waals surface area contributed by atoms with E-state index in [0.717, 1.165) is 6.07 Å². The third kappa shape index (κ3) is 3.24. The molecule has 2 aromatic carbocycles. The Hall–Kier alpha value is -2.14. The van der Waals surface area contributed by atoms with Crippen molar-refractivity contribution in [2.45, 2.75) is 0 Å². The van der Waals surface area contributed by atoms with Crippen LogP contribution in [0.15, 0.2) is 36.4 Å². The number of halogens is 2. The van der Waals surface area contributed by atoms with Crippen molar-refractivity contribution in [3.8, 4) is 22.6 Å². The molecule has 5 heteroatoms. The fraction of sp³-hybridized carbons (Fsp3) is 0.200. The molecule has 20 heavy (non-hydrogen) atoms. The Morgan fingerprint density at radius 2 is 1.65 bits per heavy atom. The zero-order chi connectivity index (χ0) is 14.5. The lowest BCUT2D eigenvalue weighted by molar-refractivity contribution is 0.302. The molecule has 0 amide bonds. The Balaban J connectivity index is 2.37. The van der Waals surface area contributed by atoms with E-state index in [2.05, 4.69) is 0 Å². The maximum Gasteiger partial charge on any atom is 0.161 e. The molecule has 106 valence electrons. The van der Waals surface area contributed by atoms with Gasteiger partial charge in [0.15, 0.2) is 11.5 Å². The minimum absolute atomic E-state index is 0.365. The summed E-state index contributed by atoms with van der Waals surface area (Å²) in [5.41, 5.74) is 6.45. The van der Waals surface area contributed by atoms with Crippen LogP contribution in [0.1, 0.15) is 0 Å². The van der Waals surface area contributed by atoms with Gasteiger partial charge in [-0.15, -0.1) is 0 Å². The summed E-state index contributed by atoms with van der Waals surface area (Å²) < 4.78 is 37.1. The van der Waals surface area contributed by atoms with E-state index in [1.54, 1.807) is 18.2 Å². The lowest BCUT2D eigenvalue weighted by Crippen LogP contribution is -2.11. The predicted octanol–water partition coefficient (Wildman–Crippen LogP) is 2.98. The molecule has 0 aliphatic carbocycles. The quantitative estimate of drug-likeness (QED) is 0.915. The number of hydrogen-bond donors (Lipinski definition) is 1. The second-order valence-corrected chi connectivity index (χ2v) is 4.16. The molecule has 0 unspecified atom stereocenters. The van der Waals surface area contributed by atoms with Crippen LogP contribution in [0.3, 0.4) is 0 Å². The largest absolute Gasteiger partial charge is 0.493 e. The number of hydrogen-bond acceptors (Lipinski definition) is 3. The molecule has 0 radical (unpaired) electrons. The molecule has 2 rings (SSSR count). The fourth-order valence-electron chi connectivity index (χ4n) is 1.86. The number of benzene rings is 2. The Morgan fingerprint density at radius 3 is 2.25 bits per heavy atom. The smallest absolute Gasteiger partial charge is 0.161 e. The van der Waals surface area contributed by atoms with E-state index in [1.807, 2.05) is 0 Å². The van der Waals surface area contributed by atoms with E-state index in [1.165, 1.54) is 19.2 Å². The van der Waals surface area contributed by atoms with Gasteiger partial charge < -0.3 is 15.2 Å². The van der Waals surface area contributed by atoms with Crippen molar-refractivity contribution in [1.82, 2.24) is 0 Å². The third-order valence-electron chi connectivity index (χ3n) is 2.73. The highest BCUT2D eigenvalue weighted by atomic mass is 19.1. The Labute approximate surface area is 115 Å². The van der Waals surface area contributed by atoms with Crippen LogP contribution in [0.5, 0.6) is 11.5 Å². The van der Waals surface area contributed by atoms with Crippen LogP contribution < -0.4 is 15.2 Å². The van der Waals surface area contributed by atoms with E-state index in [0.29, 0.717) is 35.8 Å². The third-order valence-corrected chi connectivity index (χ3v) is 2.73. The van der Waals surface area contributed by atoms with Crippen LogP contribution in [-0.2, 0) is 0 Å². The SMILES string of the molecule is COc1cc(-c2cc(F)cc(F)c2)ccc1OCCN. The maximum atomic E-state index is 13.2. The summed E-state index contributed by atoms with van der Waals surface area (Å²) in [5.74, 6) is -0.218. The summed E-state index contributed by atoms with van der Waals surface area (Å²) in [6.07, 6.45) is 0. The molecule has 0 aromatic heterocycles. The van der Waals surface area contributed by atoms with Crippen molar-refractivity contribution in [1.29, 1.82) is 0 Å². The van der Waals surface area contributed by atoms with E-state index >= 15 is 0 Å². The molecule has 0 bridgehead atoms. The van der Waals surface area contributed by atoms with Crippen molar-refractivity contribution in [3.63, 3.8) is 0 Å². The molecule has 0 saturated carbocycles. The van der Waals surface area contributed by atoms with Crippen molar-refractivity contribution in [3.05, 3.63) is 48.0 Å². The number of nitrogens with two attached hydrogens (primary N) is 1. The van der Waals surface area contributed by atoms with Crippen LogP contribution >= 0.6 is 0 Å². The standard InChI is InChI=1S/C15H15F2NO2/c1-19-15-8-10(2-3-14(15)20-5-4-18)11-6-12(16)9-13(17)7-11/h2-3,6-9H,4-5,18H2,1H3. The van der Waals surface area contributed by atoms with Gasteiger partial charge in [-0.3, -0.25) is 0 Å². The minimum atomic E-state index is -0.623. The Kier molecular flexibility index (Phi) is 4.53. The zero-order valence-electron chi connectivity index (χ0n) is 11.0. The molecule has 0 heterocycles. The van der Waals surface area contributed by atoms with Gasteiger partial charge in [0.05, 0.1) is 7.11 Å². The van der Waals surface area contributed by atoms with E-state index in [9.17, 15) is 8.78 Å². The van der Waals surface area contributed by atoms with E-state index in [4.69, 9.17) is 15.2 Å². The summed E-state index contributed by atoms with van der Waals surface area (Å²) >= 11 is 0. The summed E-state index contributed by atoms with van der Waals surface area (Å²) in [6, 6.07) is 8.42. The molecular weight excluding hydrogens is 264 g/mol. The van der Waals surface area contributed by atoms with Gasteiger partial charge in [0.25, 0.3) is 0 Å². The zero-order valence-corrected chi connectivity index (χ0v) is 11.0. The first-order chi connectivity index (χ1) is 9.63. The number of rotatable bonds is 5. The van der Waals surface area contributed by atoms with Crippen molar-refractivity contribution in [2.75, 3.05) is 20.3 Å². The van der Waals surface area contributed by atoms with Crippen LogP contribution in [0.25, 0.3) is 11.1 Å². The van der Waals surface area contributed by atoms with E-state index < -0.39 is 11.6 Å². The van der Waals surface area contributed by atoms with Crippen molar-refractivity contribution >= 4 is 0 Å². The van der Waals surface area contributed by atoms with Gasteiger partial charge in [-0.2, -0.15) is 0 Å². The molecule has 3 nitrogen and oxygen atoms in total. The monoisotopic (exact) mass is 279 g/mol. The Bertz CT molecular complexity index is 582. The van der Waals surface area contributed by atoms with Gasteiger partial charge in [-0.25, -0.2) is 8.78 Å². The van der Waals surface area contributed by atoms with Gasteiger partial charge in [0.2, 0.25) is 0 Å². The Morgan fingerprint density at radius 1 is 0.950 bits per heavy atom. The van der Waals surface area contributed by atoms with Gasteiger partial charge in [0, 0.05) is 12.6 Å². The van der Waals surface area contributed by atoms with Crippen molar-refractivity contribution in [2.24, 2.45) is 5.73 Å². The van der Waals surface area contributed by atoms with Crippen molar-refractivity contribution < 1.29 is 18.3 Å². The molecular formula is C15H15F2NO2. The molecule has 0 aliphatic heterocycles. The topological polar surface area (TPSA) is 44.5 Å². The average Bonchev–Trinajstić information content (AvgIpc) is 2.43. The normalized spacial score (nSPS) is 10.4. The molecule has 0 fully saturated rings. The lowest BCUT2D eigenvalue weighted by atomic mass is 10.0. The van der Waals surface area contributed by atoms with Crippen LogP contribution in [0.2, 0.25) is 0 Å². The molecule has 2 N–H and O–H groups in total. The second kappa shape index (κ2) is 6.34. The van der Waals surface area contributed by atoms with Crippen LogP contribution in [0.4, 0.5) is 8.78 Å². The fourth-order valence-corrected chi connectivity index (χ4v) is 1.86. The summed E-state index contributed by atoms with van der Waals surface area (Å²) in [5, 5.41) is 0. The van der Waals surface area contributed by atoms with E-state index in [-0.39, 0.29) is 0 Å². The minimum Gasteiger partial charge on any atom is -0.493 e. The molecule has 0 spiro atoms. The maximum absolute atomic E-state index is 13.2. The first-order valence-electron chi connectivity index (χ1n) is 6.11. The summed E-state index contributed by atoms with van der Waals surface area (Å²) in [4.78, 5) is 0. The van der Waals surface area contributed by atoms with Gasteiger partial charge in [-0.05, 0) is 35.4 Å². The lowest BCUT2D eigenvalue weighted by Gasteiger charge is -2.12. The highest BCUT2D eigenvalue weighted by Gasteiger charge is 2.09.